The number of nitrogens with two attached hydrogens (primary N) is 1. The Labute approximate surface area is 81.2 Å². The highest BCUT2D eigenvalue weighted by Gasteiger charge is 2.06. The zero-order valence-corrected chi connectivity index (χ0v) is 7.53. The first-order chi connectivity index (χ1) is 6.65. The lowest BCUT2D eigenvalue weighted by molar-refractivity contribution is -0.119. The summed E-state index contributed by atoms with van der Waals surface area (Å²) in [5.74, 6) is -0.734. The van der Waals surface area contributed by atoms with Crippen LogP contribution in [0.1, 0.15) is 5.56 Å². The number of phenolic OH excluding ortho intramolecular Hbond substituents is 2. The van der Waals surface area contributed by atoms with Crippen molar-refractivity contribution in [3.05, 3.63) is 23.8 Å². The Hall–Kier alpha value is -1.75. The smallest absolute Gasteiger partial charge is 0.234 e. The third kappa shape index (κ3) is 2.37. The fourth-order valence-electron chi connectivity index (χ4n) is 0.986. The summed E-state index contributed by atoms with van der Waals surface area (Å²) >= 11 is 0. The largest absolute Gasteiger partial charge is 0.504 e. The normalized spacial score (nSPS) is 9.79. The number of aromatic hydroxyl groups is 2. The molecule has 0 aliphatic carbocycles. The molecule has 0 atom stereocenters. The van der Waals surface area contributed by atoms with Crippen LogP contribution in [0.25, 0.3) is 0 Å². The molecule has 1 amide bonds. The van der Waals surface area contributed by atoms with Crippen LogP contribution in [0.3, 0.4) is 0 Å². The number of nitrogens with one attached hydrogen (secondary N) is 1. The number of carbonyl (C=O) groups excluding carboxylic acids is 1. The highest BCUT2D eigenvalue weighted by atomic mass is 16.3. The van der Waals surface area contributed by atoms with Gasteiger partial charge in [0, 0.05) is 12.1 Å². The molecule has 5 nitrogen and oxygen atoms in total. The van der Waals surface area contributed by atoms with Crippen molar-refractivity contribution in [3.8, 4) is 11.5 Å². The van der Waals surface area contributed by atoms with E-state index in [-0.39, 0.29) is 30.5 Å². The van der Waals surface area contributed by atoms with Gasteiger partial charge in [-0.25, -0.2) is 0 Å². The highest BCUT2D eigenvalue weighted by molar-refractivity contribution is 5.77. The van der Waals surface area contributed by atoms with Crippen molar-refractivity contribution in [1.29, 1.82) is 0 Å². The van der Waals surface area contributed by atoms with Gasteiger partial charge in [-0.3, -0.25) is 4.79 Å². The number of benzene rings is 1. The molecule has 0 spiro atoms. The van der Waals surface area contributed by atoms with Gasteiger partial charge in [0.15, 0.2) is 11.5 Å². The van der Waals surface area contributed by atoms with E-state index in [0.29, 0.717) is 5.56 Å². The molecule has 5 N–H and O–H groups in total. The minimum Gasteiger partial charge on any atom is -0.504 e. The molecule has 1 aromatic carbocycles. The fraction of sp³-hybridized carbons (Fsp3) is 0.222. The van der Waals surface area contributed by atoms with E-state index in [0.717, 1.165) is 0 Å². The Morgan fingerprint density at radius 3 is 2.79 bits per heavy atom. The zero-order valence-electron chi connectivity index (χ0n) is 7.53. The Kier molecular flexibility index (Phi) is 3.30. The van der Waals surface area contributed by atoms with Crippen molar-refractivity contribution < 1.29 is 15.0 Å². The maximum atomic E-state index is 10.8. The molecule has 1 rings (SSSR count). The monoisotopic (exact) mass is 196 g/mol. The van der Waals surface area contributed by atoms with Gasteiger partial charge in [0.25, 0.3) is 0 Å². The molecular formula is C9H12N2O3. The van der Waals surface area contributed by atoms with Crippen LogP contribution in [-0.4, -0.2) is 22.7 Å². The average molecular weight is 196 g/mol. The van der Waals surface area contributed by atoms with Gasteiger partial charge in [-0.15, -0.1) is 0 Å². The van der Waals surface area contributed by atoms with Gasteiger partial charge >= 0.3 is 0 Å². The van der Waals surface area contributed by atoms with E-state index < -0.39 is 0 Å². The molecule has 0 aliphatic rings. The molecule has 0 radical (unpaired) electrons. The minimum atomic E-state index is -0.312. The van der Waals surface area contributed by atoms with Gasteiger partial charge in [0.2, 0.25) is 5.91 Å². The van der Waals surface area contributed by atoms with E-state index in [1.165, 1.54) is 6.07 Å². The van der Waals surface area contributed by atoms with E-state index >= 15 is 0 Å². The summed E-state index contributed by atoms with van der Waals surface area (Å²) in [4.78, 5) is 10.8. The van der Waals surface area contributed by atoms with E-state index in [4.69, 9.17) is 10.8 Å². The van der Waals surface area contributed by atoms with Crippen molar-refractivity contribution in [2.45, 2.75) is 6.54 Å². The van der Waals surface area contributed by atoms with Crippen LogP contribution in [0.15, 0.2) is 18.2 Å². The first-order valence-electron chi connectivity index (χ1n) is 4.11. The summed E-state index contributed by atoms with van der Waals surface area (Å²) < 4.78 is 0. The molecule has 14 heavy (non-hydrogen) atoms. The Bertz CT molecular complexity index is 339. The van der Waals surface area contributed by atoms with E-state index in [1.54, 1.807) is 12.1 Å². The summed E-state index contributed by atoms with van der Waals surface area (Å²) in [6, 6.07) is 4.55. The van der Waals surface area contributed by atoms with Gasteiger partial charge in [-0.1, -0.05) is 12.1 Å². The molecule has 0 unspecified atom stereocenters. The second-order valence-electron chi connectivity index (χ2n) is 2.77. The summed E-state index contributed by atoms with van der Waals surface area (Å²) in [5, 5.41) is 21.0. The Morgan fingerprint density at radius 1 is 1.43 bits per heavy atom. The topological polar surface area (TPSA) is 95.6 Å². The number of carbonyl (C=O) groups is 1. The standard InChI is InChI=1S/C9H12N2O3/c10-4-8(13)11-5-6-2-1-3-7(12)9(6)14/h1-3,12,14H,4-5,10H2,(H,11,13). The SMILES string of the molecule is NCC(=O)NCc1cccc(O)c1O. The summed E-state index contributed by atoms with van der Waals surface area (Å²) in [6.07, 6.45) is 0. The number of hydrogen-bond acceptors (Lipinski definition) is 4. The Balaban J connectivity index is 2.68. The average Bonchev–Trinajstić information content (AvgIpc) is 2.20. The quantitative estimate of drug-likeness (QED) is 0.498. The summed E-state index contributed by atoms with van der Waals surface area (Å²) in [6.45, 7) is 0.0514. The van der Waals surface area contributed by atoms with Gasteiger partial charge in [0.1, 0.15) is 0 Å². The lowest BCUT2D eigenvalue weighted by Crippen LogP contribution is -2.29. The van der Waals surface area contributed by atoms with Crippen LogP contribution in [0, 0.1) is 0 Å². The van der Waals surface area contributed by atoms with Gasteiger partial charge in [-0.2, -0.15) is 0 Å². The van der Waals surface area contributed by atoms with E-state index in [1.807, 2.05) is 0 Å². The van der Waals surface area contributed by atoms with E-state index in [2.05, 4.69) is 5.32 Å². The molecule has 5 heteroatoms. The predicted octanol–water partition coefficient (Wildman–Crippen LogP) is -0.327. The van der Waals surface area contributed by atoms with Crippen molar-refractivity contribution in [1.82, 2.24) is 5.32 Å². The number of rotatable bonds is 3. The van der Waals surface area contributed by atoms with Crippen LogP contribution in [0.2, 0.25) is 0 Å². The lowest BCUT2D eigenvalue weighted by atomic mass is 10.2. The lowest BCUT2D eigenvalue weighted by Gasteiger charge is -2.06. The molecule has 76 valence electrons. The van der Waals surface area contributed by atoms with Gasteiger partial charge in [-0.05, 0) is 6.07 Å². The molecule has 0 aliphatic heterocycles. The number of para-hydroxylation sites is 1. The van der Waals surface area contributed by atoms with Gasteiger partial charge in [0.05, 0.1) is 6.54 Å². The maximum absolute atomic E-state index is 10.8. The van der Waals surface area contributed by atoms with Crippen LogP contribution in [0.5, 0.6) is 11.5 Å². The molecule has 0 saturated heterocycles. The second kappa shape index (κ2) is 4.48. The van der Waals surface area contributed by atoms with Crippen molar-refractivity contribution in [2.75, 3.05) is 6.54 Å². The van der Waals surface area contributed by atoms with E-state index in [9.17, 15) is 9.90 Å². The van der Waals surface area contributed by atoms with Crippen LogP contribution < -0.4 is 11.1 Å². The Morgan fingerprint density at radius 2 is 2.14 bits per heavy atom. The van der Waals surface area contributed by atoms with Crippen molar-refractivity contribution in [3.63, 3.8) is 0 Å². The molecule has 0 saturated carbocycles. The third-order valence-corrected chi connectivity index (χ3v) is 1.76. The van der Waals surface area contributed by atoms with Crippen LogP contribution in [-0.2, 0) is 11.3 Å². The summed E-state index contributed by atoms with van der Waals surface area (Å²) in [5.41, 5.74) is 5.53. The number of hydrogen-bond donors (Lipinski definition) is 4. The van der Waals surface area contributed by atoms with Crippen molar-refractivity contribution in [2.24, 2.45) is 5.73 Å². The second-order valence-corrected chi connectivity index (χ2v) is 2.77. The molecule has 0 fully saturated rings. The van der Waals surface area contributed by atoms with Crippen LogP contribution >= 0.6 is 0 Å². The first kappa shape index (κ1) is 10.3. The number of phenols is 2. The van der Waals surface area contributed by atoms with Gasteiger partial charge < -0.3 is 21.3 Å². The first-order valence-corrected chi connectivity index (χ1v) is 4.11. The van der Waals surface area contributed by atoms with Crippen molar-refractivity contribution >= 4 is 5.91 Å². The predicted molar refractivity (Wildman–Crippen MR) is 50.7 cm³/mol. The molecule has 1 aromatic rings. The molecule has 0 aromatic heterocycles. The summed E-state index contributed by atoms with van der Waals surface area (Å²) in [7, 11) is 0. The highest BCUT2D eigenvalue weighted by Crippen LogP contribution is 2.27. The van der Waals surface area contributed by atoms with Crippen LogP contribution in [0.4, 0.5) is 0 Å². The molecule has 0 heterocycles. The maximum Gasteiger partial charge on any atom is 0.234 e. The fourth-order valence-corrected chi connectivity index (χ4v) is 0.986. The minimum absolute atomic E-state index is 0.0976. The number of amides is 1. The third-order valence-electron chi connectivity index (χ3n) is 1.76. The zero-order chi connectivity index (χ0) is 10.6. The molecule has 0 bridgehead atoms. The molecular weight excluding hydrogens is 184 g/mol.